The Labute approximate surface area is 127 Å². The highest BCUT2D eigenvalue weighted by atomic mass is 16.3. The summed E-state index contributed by atoms with van der Waals surface area (Å²) in [6, 6.07) is 13.1. The molecule has 1 aliphatic rings. The van der Waals surface area contributed by atoms with E-state index in [2.05, 4.69) is 47.5 Å². The van der Waals surface area contributed by atoms with Crippen molar-refractivity contribution in [1.82, 2.24) is 5.32 Å². The minimum atomic E-state index is 0.282. The van der Waals surface area contributed by atoms with Crippen LogP contribution in [0.5, 0.6) is 0 Å². The topological polar surface area (TPSA) is 28.4 Å². The fourth-order valence-electron chi connectivity index (χ4n) is 3.01. The molecule has 2 heterocycles. The van der Waals surface area contributed by atoms with Crippen LogP contribution in [-0.4, -0.2) is 19.6 Å². The standard InChI is InChI=1S/C18H24N2O/c1-14-8-9-18(21-14)15(2)19-11-5-12-20-13-10-16-6-3-4-7-17(16)20/h3-4,6-9,15,19H,5,10-13H2,1-2H3. The normalized spacial score (nSPS) is 15.2. The maximum atomic E-state index is 5.65. The van der Waals surface area contributed by atoms with Crippen LogP contribution >= 0.6 is 0 Å². The highest BCUT2D eigenvalue weighted by Crippen LogP contribution is 2.27. The fourth-order valence-corrected chi connectivity index (χ4v) is 3.01. The predicted octanol–water partition coefficient (Wildman–Crippen LogP) is 3.69. The molecule has 3 nitrogen and oxygen atoms in total. The Balaban J connectivity index is 1.43. The van der Waals surface area contributed by atoms with Crippen molar-refractivity contribution in [3.8, 4) is 0 Å². The number of nitrogens with zero attached hydrogens (tertiary/aromatic N) is 1. The lowest BCUT2D eigenvalue weighted by molar-refractivity contribution is 0.415. The third-order valence-corrected chi connectivity index (χ3v) is 4.23. The van der Waals surface area contributed by atoms with Crippen LogP contribution in [0.1, 0.15) is 36.5 Å². The number of hydrogen-bond donors (Lipinski definition) is 1. The zero-order valence-electron chi connectivity index (χ0n) is 12.9. The van der Waals surface area contributed by atoms with E-state index in [1.54, 1.807) is 0 Å². The first-order chi connectivity index (χ1) is 10.2. The van der Waals surface area contributed by atoms with Gasteiger partial charge in [-0.05, 0) is 57.0 Å². The summed E-state index contributed by atoms with van der Waals surface area (Å²) in [5.74, 6) is 2.01. The van der Waals surface area contributed by atoms with Gasteiger partial charge in [0, 0.05) is 18.8 Å². The van der Waals surface area contributed by atoms with Gasteiger partial charge in [-0.15, -0.1) is 0 Å². The molecule has 1 N–H and O–H groups in total. The summed E-state index contributed by atoms with van der Waals surface area (Å²) in [6.07, 6.45) is 2.34. The average Bonchev–Trinajstić information content (AvgIpc) is 3.10. The third kappa shape index (κ3) is 3.30. The molecule has 1 aliphatic heterocycles. The number of nitrogens with one attached hydrogen (secondary N) is 1. The Hall–Kier alpha value is -1.74. The second-order valence-electron chi connectivity index (χ2n) is 5.84. The molecule has 1 atom stereocenters. The lowest BCUT2D eigenvalue weighted by Crippen LogP contribution is -2.26. The van der Waals surface area contributed by atoms with Gasteiger partial charge < -0.3 is 14.6 Å². The maximum Gasteiger partial charge on any atom is 0.120 e. The number of hydrogen-bond acceptors (Lipinski definition) is 3. The second kappa shape index (κ2) is 6.35. The highest BCUT2D eigenvalue weighted by Gasteiger charge is 2.17. The lowest BCUT2D eigenvalue weighted by Gasteiger charge is -2.20. The van der Waals surface area contributed by atoms with Gasteiger partial charge in [0.2, 0.25) is 0 Å². The Bertz CT molecular complexity index is 590. The first-order valence-electron chi connectivity index (χ1n) is 7.86. The molecule has 0 saturated carbocycles. The first-order valence-corrected chi connectivity index (χ1v) is 7.86. The van der Waals surface area contributed by atoms with Gasteiger partial charge in [-0.25, -0.2) is 0 Å². The van der Waals surface area contributed by atoms with Crippen molar-refractivity contribution in [2.75, 3.05) is 24.5 Å². The molecule has 1 unspecified atom stereocenters. The zero-order chi connectivity index (χ0) is 14.7. The largest absolute Gasteiger partial charge is 0.465 e. The van der Waals surface area contributed by atoms with Crippen molar-refractivity contribution in [3.05, 3.63) is 53.5 Å². The molecule has 0 saturated heterocycles. The molecule has 0 amide bonds. The van der Waals surface area contributed by atoms with Gasteiger partial charge in [-0.2, -0.15) is 0 Å². The summed E-state index contributed by atoms with van der Waals surface area (Å²) in [4.78, 5) is 2.50. The van der Waals surface area contributed by atoms with E-state index in [0.717, 1.165) is 37.6 Å². The molecule has 1 aromatic carbocycles. The quantitative estimate of drug-likeness (QED) is 0.820. The molecule has 0 fully saturated rings. The van der Waals surface area contributed by atoms with Crippen LogP contribution in [0.4, 0.5) is 5.69 Å². The second-order valence-corrected chi connectivity index (χ2v) is 5.84. The molecule has 0 spiro atoms. The molecule has 0 bridgehead atoms. The van der Waals surface area contributed by atoms with E-state index < -0.39 is 0 Å². The summed E-state index contributed by atoms with van der Waals surface area (Å²) in [5, 5.41) is 3.54. The van der Waals surface area contributed by atoms with Gasteiger partial charge in [0.05, 0.1) is 6.04 Å². The monoisotopic (exact) mass is 284 g/mol. The van der Waals surface area contributed by atoms with Crippen molar-refractivity contribution in [2.45, 2.75) is 32.7 Å². The van der Waals surface area contributed by atoms with Crippen molar-refractivity contribution in [2.24, 2.45) is 0 Å². The van der Waals surface area contributed by atoms with E-state index in [-0.39, 0.29) is 6.04 Å². The van der Waals surface area contributed by atoms with E-state index in [1.165, 1.54) is 17.7 Å². The molecule has 0 radical (unpaired) electrons. The summed E-state index contributed by atoms with van der Waals surface area (Å²) < 4.78 is 5.65. The Morgan fingerprint density at radius 3 is 2.90 bits per heavy atom. The van der Waals surface area contributed by atoms with E-state index in [0.29, 0.717) is 0 Å². The molecule has 2 aromatic rings. The summed E-state index contributed by atoms with van der Waals surface area (Å²) in [5.41, 5.74) is 2.91. The van der Waals surface area contributed by atoms with Gasteiger partial charge in [0.15, 0.2) is 0 Å². The maximum absolute atomic E-state index is 5.65. The molecule has 21 heavy (non-hydrogen) atoms. The van der Waals surface area contributed by atoms with Crippen LogP contribution < -0.4 is 10.2 Å². The first kappa shape index (κ1) is 14.2. The molecule has 3 rings (SSSR count). The Kier molecular flexibility index (Phi) is 4.30. The number of rotatable bonds is 6. The van der Waals surface area contributed by atoms with Crippen LogP contribution in [0.15, 0.2) is 40.8 Å². The van der Waals surface area contributed by atoms with Crippen molar-refractivity contribution < 1.29 is 4.42 Å². The lowest BCUT2D eigenvalue weighted by atomic mass is 10.2. The number of aryl methyl sites for hydroxylation is 1. The Morgan fingerprint density at radius 1 is 1.24 bits per heavy atom. The molecule has 0 aliphatic carbocycles. The fraction of sp³-hybridized carbons (Fsp3) is 0.444. The molecular weight excluding hydrogens is 260 g/mol. The summed E-state index contributed by atoms with van der Waals surface area (Å²) in [7, 11) is 0. The minimum absolute atomic E-state index is 0.282. The van der Waals surface area contributed by atoms with Gasteiger partial charge in [-0.1, -0.05) is 18.2 Å². The smallest absolute Gasteiger partial charge is 0.120 e. The highest BCUT2D eigenvalue weighted by molar-refractivity contribution is 5.57. The van der Waals surface area contributed by atoms with Crippen LogP contribution in [0.25, 0.3) is 0 Å². The molecular formula is C18H24N2O. The number of para-hydroxylation sites is 1. The van der Waals surface area contributed by atoms with E-state index in [9.17, 15) is 0 Å². The molecule has 3 heteroatoms. The van der Waals surface area contributed by atoms with Crippen LogP contribution in [0.2, 0.25) is 0 Å². The van der Waals surface area contributed by atoms with Gasteiger partial charge >= 0.3 is 0 Å². The van der Waals surface area contributed by atoms with Crippen LogP contribution in [0, 0.1) is 6.92 Å². The minimum Gasteiger partial charge on any atom is -0.465 e. The predicted molar refractivity (Wildman–Crippen MR) is 86.8 cm³/mol. The SMILES string of the molecule is Cc1ccc(C(C)NCCCN2CCc3ccccc32)o1. The number of fused-ring (bicyclic) bond motifs is 1. The van der Waals surface area contributed by atoms with E-state index in [4.69, 9.17) is 4.42 Å². The Morgan fingerprint density at radius 2 is 2.10 bits per heavy atom. The molecule has 112 valence electrons. The summed E-state index contributed by atoms with van der Waals surface area (Å²) in [6.45, 7) is 7.43. The number of anilines is 1. The van der Waals surface area contributed by atoms with Crippen molar-refractivity contribution in [1.29, 1.82) is 0 Å². The summed E-state index contributed by atoms with van der Waals surface area (Å²) >= 11 is 0. The van der Waals surface area contributed by atoms with Gasteiger partial charge in [0.1, 0.15) is 11.5 Å². The zero-order valence-corrected chi connectivity index (χ0v) is 12.9. The van der Waals surface area contributed by atoms with E-state index >= 15 is 0 Å². The van der Waals surface area contributed by atoms with Crippen molar-refractivity contribution >= 4 is 5.69 Å². The van der Waals surface area contributed by atoms with Crippen LogP contribution in [0.3, 0.4) is 0 Å². The molecule has 1 aromatic heterocycles. The van der Waals surface area contributed by atoms with Crippen LogP contribution in [-0.2, 0) is 6.42 Å². The van der Waals surface area contributed by atoms with E-state index in [1.807, 2.05) is 13.0 Å². The average molecular weight is 284 g/mol. The van der Waals surface area contributed by atoms with Gasteiger partial charge in [0.25, 0.3) is 0 Å². The van der Waals surface area contributed by atoms with Gasteiger partial charge in [-0.3, -0.25) is 0 Å². The number of benzene rings is 1. The number of furan rings is 1. The third-order valence-electron chi connectivity index (χ3n) is 4.23. The van der Waals surface area contributed by atoms with Crippen molar-refractivity contribution in [3.63, 3.8) is 0 Å².